The number of Topliss-reactive ketones (excluding diaryl/α,β-unsaturated/α-hetero) is 1. The molecule has 37 heavy (non-hydrogen) atoms. The molecule has 2 aromatic carbocycles. The molecule has 3 heterocycles. The van der Waals surface area contributed by atoms with Gasteiger partial charge in [0.15, 0.2) is 5.78 Å². The number of amides is 3. The Balaban J connectivity index is 1.40. The van der Waals surface area contributed by atoms with Gasteiger partial charge in [-0.1, -0.05) is 59.1 Å². The van der Waals surface area contributed by atoms with Gasteiger partial charge in [-0.2, -0.15) is 0 Å². The van der Waals surface area contributed by atoms with Crippen molar-refractivity contribution in [3.05, 3.63) is 75.2 Å². The summed E-state index contributed by atoms with van der Waals surface area (Å²) in [6, 6.07) is 14.4. The molecule has 0 saturated carbocycles. The topological polar surface area (TPSA) is 79.7 Å². The Bertz CT molecular complexity index is 1410. The normalized spacial score (nSPS) is 17.6. The van der Waals surface area contributed by atoms with Crippen molar-refractivity contribution < 1.29 is 19.2 Å². The van der Waals surface area contributed by atoms with Gasteiger partial charge in [-0.05, 0) is 48.9 Å². The molecule has 1 aromatic heterocycles. The van der Waals surface area contributed by atoms with Crippen molar-refractivity contribution in [1.82, 2.24) is 14.4 Å². The molecule has 0 aliphatic carbocycles. The van der Waals surface area contributed by atoms with Crippen LogP contribution < -0.4 is 0 Å². The standard InChI is InChI=1S/C28H26BrN3O4S/c29-21-10-11-23-22(15-21)20(16-31(23)18-26(34)30-12-6-1-2-7-13-30)14-25-27(35)32(28(36)37-25)17-24(33)19-8-4-3-5-9-19/h3-5,8-11,14-16H,1-2,6-7,12-13,17-18H2/b25-14-. The van der Waals surface area contributed by atoms with Crippen LogP contribution in [0.5, 0.6) is 0 Å². The van der Waals surface area contributed by atoms with E-state index in [9.17, 15) is 19.2 Å². The minimum Gasteiger partial charge on any atom is -0.341 e. The van der Waals surface area contributed by atoms with Crippen LogP contribution in [0.3, 0.4) is 0 Å². The summed E-state index contributed by atoms with van der Waals surface area (Å²) in [5.74, 6) is -0.708. The smallest absolute Gasteiger partial charge is 0.293 e. The number of benzene rings is 2. The van der Waals surface area contributed by atoms with Gasteiger partial charge in [0.25, 0.3) is 11.1 Å². The largest absolute Gasteiger partial charge is 0.341 e. The van der Waals surface area contributed by atoms with Crippen LogP contribution in [-0.4, -0.2) is 56.8 Å². The number of ketones is 1. The fraction of sp³-hybridized carbons (Fsp3) is 0.286. The molecule has 2 aliphatic heterocycles. The molecule has 0 radical (unpaired) electrons. The number of nitrogens with zero attached hydrogens (tertiary/aromatic N) is 3. The first-order valence-electron chi connectivity index (χ1n) is 12.3. The monoisotopic (exact) mass is 579 g/mol. The molecule has 7 nitrogen and oxygen atoms in total. The van der Waals surface area contributed by atoms with E-state index in [0.717, 1.165) is 76.4 Å². The number of imide groups is 1. The number of carbonyl (C=O) groups excluding carboxylic acids is 4. The van der Waals surface area contributed by atoms with Gasteiger partial charge >= 0.3 is 0 Å². The van der Waals surface area contributed by atoms with Crippen molar-refractivity contribution in [1.29, 1.82) is 0 Å². The van der Waals surface area contributed by atoms with E-state index in [2.05, 4.69) is 15.9 Å². The predicted octanol–water partition coefficient (Wildman–Crippen LogP) is 5.73. The molecule has 0 spiro atoms. The summed E-state index contributed by atoms with van der Waals surface area (Å²) in [5, 5.41) is 0.395. The second kappa shape index (κ2) is 11.1. The Morgan fingerprint density at radius 1 is 0.946 bits per heavy atom. The molecule has 0 N–H and O–H groups in total. The van der Waals surface area contributed by atoms with Crippen LogP contribution in [0.25, 0.3) is 17.0 Å². The zero-order chi connectivity index (χ0) is 25.9. The van der Waals surface area contributed by atoms with E-state index in [0.29, 0.717) is 5.56 Å². The third-order valence-electron chi connectivity index (χ3n) is 6.70. The van der Waals surface area contributed by atoms with Gasteiger partial charge in [0, 0.05) is 45.8 Å². The van der Waals surface area contributed by atoms with Gasteiger partial charge in [-0.3, -0.25) is 24.1 Å². The summed E-state index contributed by atoms with van der Waals surface area (Å²) in [5.41, 5.74) is 2.06. The summed E-state index contributed by atoms with van der Waals surface area (Å²) < 4.78 is 2.78. The highest BCUT2D eigenvalue weighted by molar-refractivity contribution is 9.10. The van der Waals surface area contributed by atoms with Crippen LogP contribution in [-0.2, 0) is 16.1 Å². The number of aromatic nitrogens is 1. The molecule has 2 saturated heterocycles. The van der Waals surface area contributed by atoms with Gasteiger partial charge < -0.3 is 9.47 Å². The molecule has 3 amide bonds. The van der Waals surface area contributed by atoms with Crippen LogP contribution in [0, 0.1) is 0 Å². The van der Waals surface area contributed by atoms with Crippen molar-refractivity contribution in [2.24, 2.45) is 0 Å². The second-order valence-corrected chi connectivity index (χ2v) is 11.1. The van der Waals surface area contributed by atoms with Gasteiger partial charge in [-0.25, -0.2) is 0 Å². The molecule has 2 aliphatic rings. The summed E-state index contributed by atoms with van der Waals surface area (Å²) in [6.45, 7) is 1.47. The van der Waals surface area contributed by atoms with Gasteiger partial charge in [0.2, 0.25) is 5.91 Å². The first kappa shape index (κ1) is 25.5. The van der Waals surface area contributed by atoms with Gasteiger partial charge in [0.1, 0.15) is 6.54 Å². The fourth-order valence-corrected chi connectivity index (χ4v) is 5.94. The highest BCUT2D eigenvalue weighted by atomic mass is 79.9. The maximum Gasteiger partial charge on any atom is 0.293 e. The molecular formula is C28H26BrN3O4S. The maximum atomic E-state index is 13.1. The molecule has 3 aromatic rings. The van der Waals surface area contributed by atoms with E-state index in [1.165, 1.54) is 0 Å². The predicted molar refractivity (Wildman–Crippen MR) is 148 cm³/mol. The lowest BCUT2D eigenvalue weighted by atomic mass is 10.1. The molecule has 0 bridgehead atoms. The van der Waals surface area contributed by atoms with Gasteiger partial charge in [0.05, 0.1) is 11.4 Å². The minimum atomic E-state index is -0.490. The summed E-state index contributed by atoms with van der Waals surface area (Å²) in [6.07, 6.45) is 7.90. The lowest BCUT2D eigenvalue weighted by Gasteiger charge is -2.20. The van der Waals surface area contributed by atoms with Crippen molar-refractivity contribution in [3.63, 3.8) is 0 Å². The SMILES string of the molecule is O=C(CN1C(=O)S/C(=C\c2cn(CC(=O)N3CCCCCC3)c3ccc(Br)cc23)C1=O)c1ccccc1. The molecule has 5 rings (SSSR count). The quantitative estimate of drug-likeness (QED) is 0.275. The van der Waals surface area contributed by atoms with Crippen molar-refractivity contribution in [2.45, 2.75) is 32.2 Å². The summed E-state index contributed by atoms with van der Waals surface area (Å²) in [4.78, 5) is 54.6. The average molecular weight is 581 g/mol. The first-order chi connectivity index (χ1) is 17.9. The number of carbonyl (C=O) groups is 4. The van der Waals surface area contributed by atoms with E-state index in [-0.39, 0.29) is 29.7 Å². The Morgan fingerprint density at radius 2 is 1.68 bits per heavy atom. The first-order valence-corrected chi connectivity index (χ1v) is 13.9. The Labute approximate surface area is 227 Å². The van der Waals surface area contributed by atoms with Crippen LogP contribution >= 0.6 is 27.7 Å². The van der Waals surface area contributed by atoms with Crippen LogP contribution in [0.15, 0.2) is 64.1 Å². The lowest BCUT2D eigenvalue weighted by molar-refractivity contribution is -0.131. The summed E-state index contributed by atoms with van der Waals surface area (Å²) >= 11 is 4.34. The molecular weight excluding hydrogens is 554 g/mol. The Hall–Kier alpha value is -3.17. The van der Waals surface area contributed by atoms with E-state index in [4.69, 9.17) is 0 Å². The number of fused-ring (bicyclic) bond motifs is 1. The van der Waals surface area contributed by atoms with E-state index in [1.54, 1.807) is 36.4 Å². The minimum absolute atomic E-state index is 0.0769. The lowest BCUT2D eigenvalue weighted by Crippen LogP contribution is -2.34. The number of hydrogen-bond donors (Lipinski definition) is 0. The highest BCUT2D eigenvalue weighted by Gasteiger charge is 2.36. The molecule has 190 valence electrons. The Morgan fingerprint density at radius 3 is 2.41 bits per heavy atom. The van der Waals surface area contributed by atoms with Crippen LogP contribution in [0.2, 0.25) is 0 Å². The van der Waals surface area contributed by atoms with E-state index >= 15 is 0 Å². The van der Waals surface area contributed by atoms with Crippen LogP contribution in [0.1, 0.15) is 41.6 Å². The Kier molecular flexibility index (Phi) is 7.62. The number of halogens is 1. The molecule has 9 heteroatoms. The van der Waals surface area contributed by atoms with Crippen molar-refractivity contribution in [3.8, 4) is 0 Å². The fourth-order valence-electron chi connectivity index (χ4n) is 4.75. The zero-order valence-corrected chi connectivity index (χ0v) is 22.6. The maximum absolute atomic E-state index is 13.1. The number of rotatable bonds is 6. The van der Waals surface area contributed by atoms with Crippen molar-refractivity contribution in [2.75, 3.05) is 19.6 Å². The third-order valence-corrected chi connectivity index (χ3v) is 8.10. The average Bonchev–Trinajstić information content (AvgIpc) is 3.20. The second-order valence-electron chi connectivity index (χ2n) is 9.23. The van der Waals surface area contributed by atoms with E-state index < -0.39 is 11.1 Å². The van der Waals surface area contributed by atoms with Crippen LogP contribution in [0.4, 0.5) is 4.79 Å². The van der Waals surface area contributed by atoms with Crippen molar-refractivity contribution >= 4 is 67.5 Å². The van der Waals surface area contributed by atoms with Gasteiger partial charge in [-0.15, -0.1) is 0 Å². The van der Waals surface area contributed by atoms with E-state index in [1.807, 2.05) is 33.9 Å². The molecule has 0 atom stereocenters. The summed E-state index contributed by atoms with van der Waals surface area (Å²) in [7, 11) is 0. The zero-order valence-electron chi connectivity index (χ0n) is 20.2. The molecule has 2 fully saturated rings. The third kappa shape index (κ3) is 5.57. The number of likely N-dealkylation sites (tertiary alicyclic amines) is 1. The number of hydrogen-bond acceptors (Lipinski definition) is 5. The highest BCUT2D eigenvalue weighted by Crippen LogP contribution is 2.35. The number of thioether (sulfide) groups is 1. The molecule has 0 unspecified atom stereocenters.